The van der Waals surface area contributed by atoms with E-state index >= 15 is 0 Å². The molecule has 0 spiro atoms. The number of amides is 2. The van der Waals surface area contributed by atoms with Gasteiger partial charge in [0, 0.05) is 5.92 Å². The molecular formula is C15H20BrN3O3. The van der Waals surface area contributed by atoms with Gasteiger partial charge in [0.1, 0.15) is 16.0 Å². The highest BCUT2D eigenvalue weighted by molar-refractivity contribution is 9.10. The number of hydrogen-bond donors (Lipinski definition) is 2. The summed E-state index contributed by atoms with van der Waals surface area (Å²) in [5.41, 5.74) is 4.29. The molecule has 22 heavy (non-hydrogen) atoms. The molecule has 1 aromatic heterocycles. The fraction of sp³-hybridized carbons (Fsp3) is 0.533. The summed E-state index contributed by atoms with van der Waals surface area (Å²) in [6, 6.07) is 5.24. The Morgan fingerprint density at radius 1 is 1.50 bits per heavy atom. The summed E-state index contributed by atoms with van der Waals surface area (Å²) >= 11 is 3.25. The van der Waals surface area contributed by atoms with Gasteiger partial charge in [0.15, 0.2) is 0 Å². The predicted molar refractivity (Wildman–Crippen MR) is 86.1 cm³/mol. The van der Waals surface area contributed by atoms with E-state index in [4.69, 9.17) is 10.5 Å². The van der Waals surface area contributed by atoms with Crippen LogP contribution in [0.2, 0.25) is 0 Å². The molecule has 1 aliphatic rings. The number of primary amides is 1. The summed E-state index contributed by atoms with van der Waals surface area (Å²) in [5.74, 6) is 0.300. The van der Waals surface area contributed by atoms with E-state index in [0.717, 1.165) is 0 Å². The third kappa shape index (κ3) is 3.97. The van der Waals surface area contributed by atoms with Gasteiger partial charge in [0.25, 0.3) is 0 Å². The summed E-state index contributed by atoms with van der Waals surface area (Å²) in [7, 11) is 0. The number of nitrogens with two attached hydrogens (primary N) is 1. The lowest BCUT2D eigenvalue weighted by molar-refractivity contribution is -0.119. The molecule has 1 aromatic rings. The second kappa shape index (κ2) is 5.87. The average Bonchev–Trinajstić information content (AvgIpc) is 3.01. The normalized spacial score (nSPS) is 23.7. The molecule has 1 aliphatic carbocycles. The average molecular weight is 370 g/mol. The van der Waals surface area contributed by atoms with Gasteiger partial charge < -0.3 is 15.8 Å². The van der Waals surface area contributed by atoms with Crippen molar-refractivity contribution in [2.24, 2.45) is 17.1 Å². The number of rotatable bonds is 4. The van der Waals surface area contributed by atoms with Crippen LogP contribution < -0.4 is 11.1 Å². The monoisotopic (exact) mass is 369 g/mol. The Morgan fingerprint density at radius 3 is 2.68 bits per heavy atom. The Balaban J connectivity index is 2.05. The van der Waals surface area contributed by atoms with Crippen LogP contribution in [0.4, 0.5) is 10.6 Å². The molecule has 0 saturated heterocycles. The fourth-order valence-electron chi connectivity index (χ4n) is 2.86. The largest absolute Gasteiger partial charge is 0.442 e. The molecule has 6 nitrogen and oxygen atoms in total. The first kappa shape index (κ1) is 16.7. The Bertz CT molecular complexity index is 600. The van der Waals surface area contributed by atoms with Gasteiger partial charge in [-0.05, 0) is 39.9 Å². The van der Waals surface area contributed by atoms with Crippen molar-refractivity contribution in [2.45, 2.75) is 39.2 Å². The van der Waals surface area contributed by atoms with Crippen molar-refractivity contribution in [3.8, 4) is 0 Å². The molecule has 2 amide bonds. The van der Waals surface area contributed by atoms with Crippen LogP contribution >= 0.6 is 15.9 Å². The van der Waals surface area contributed by atoms with Gasteiger partial charge in [-0.2, -0.15) is 0 Å². The van der Waals surface area contributed by atoms with Crippen molar-refractivity contribution in [1.82, 2.24) is 4.98 Å². The molecule has 120 valence electrons. The lowest BCUT2D eigenvalue weighted by atomic mass is 9.87. The Kier molecular flexibility index (Phi) is 4.47. The quantitative estimate of drug-likeness (QED) is 0.797. The van der Waals surface area contributed by atoms with E-state index in [0.29, 0.717) is 16.8 Å². The number of aromatic nitrogens is 1. The maximum Gasteiger partial charge on any atom is 0.405 e. The first-order valence-corrected chi connectivity index (χ1v) is 7.82. The van der Waals surface area contributed by atoms with E-state index in [2.05, 4.69) is 47.0 Å². The molecule has 2 rings (SSSR count). The summed E-state index contributed by atoms with van der Waals surface area (Å²) in [6.45, 7) is 6.16. The fourth-order valence-corrected chi connectivity index (χ4v) is 3.21. The molecule has 0 aromatic carbocycles. The third-order valence-corrected chi connectivity index (χ3v) is 4.26. The van der Waals surface area contributed by atoms with Crippen LogP contribution in [-0.2, 0) is 9.53 Å². The van der Waals surface area contributed by atoms with Crippen molar-refractivity contribution < 1.29 is 14.3 Å². The van der Waals surface area contributed by atoms with Gasteiger partial charge in [0.2, 0.25) is 5.91 Å². The summed E-state index contributed by atoms with van der Waals surface area (Å²) in [4.78, 5) is 27.5. The van der Waals surface area contributed by atoms with Crippen molar-refractivity contribution in [3.63, 3.8) is 0 Å². The Hall–Kier alpha value is -1.63. The minimum Gasteiger partial charge on any atom is -0.442 e. The smallest absolute Gasteiger partial charge is 0.405 e. The first-order valence-electron chi connectivity index (χ1n) is 7.03. The van der Waals surface area contributed by atoms with Gasteiger partial charge in [-0.25, -0.2) is 9.78 Å². The lowest BCUT2D eigenvalue weighted by Crippen LogP contribution is -2.33. The number of carbonyl (C=O) groups is 2. The van der Waals surface area contributed by atoms with Crippen molar-refractivity contribution >= 4 is 33.7 Å². The predicted octanol–water partition coefficient (Wildman–Crippen LogP) is 3.07. The van der Waals surface area contributed by atoms with Crippen molar-refractivity contribution in [2.75, 3.05) is 5.32 Å². The van der Waals surface area contributed by atoms with E-state index in [1.165, 1.54) is 0 Å². The maximum atomic E-state index is 12.2. The summed E-state index contributed by atoms with van der Waals surface area (Å²) in [5, 5.41) is 2.71. The minimum atomic E-state index is -0.847. The summed E-state index contributed by atoms with van der Waals surface area (Å²) < 4.78 is 5.90. The first-order chi connectivity index (χ1) is 10.1. The molecule has 3 N–H and O–H groups in total. The van der Waals surface area contributed by atoms with Gasteiger partial charge in [-0.1, -0.05) is 26.8 Å². The van der Waals surface area contributed by atoms with E-state index in [9.17, 15) is 9.59 Å². The maximum absolute atomic E-state index is 12.2. The number of anilines is 1. The van der Waals surface area contributed by atoms with Crippen LogP contribution in [0, 0.1) is 11.3 Å². The number of hydrogen-bond acceptors (Lipinski definition) is 4. The molecule has 1 saturated carbocycles. The number of nitrogens with zero attached hydrogens (tertiary/aromatic N) is 1. The SMILES string of the molecule is CC(C)(C)C1CC1(CC(=O)Nc1cccc(Br)n1)OC(N)=O. The molecule has 1 heterocycles. The zero-order valence-electron chi connectivity index (χ0n) is 12.9. The molecule has 0 bridgehead atoms. The van der Waals surface area contributed by atoms with Gasteiger partial charge in [0.05, 0.1) is 6.42 Å². The van der Waals surface area contributed by atoms with E-state index < -0.39 is 11.7 Å². The Morgan fingerprint density at radius 2 is 2.18 bits per heavy atom. The second-order valence-electron chi connectivity index (χ2n) is 6.68. The molecule has 7 heteroatoms. The molecule has 2 atom stereocenters. The summed E-state index contributed by atoms with van der Waals surface area (Å²) in [6.07, 6.45) is -0.134. The van der Waals surface area contributed by atoms with Crippen LogP contribution in [0.15, 0.2) is 22.8 Å². The highest BCUT2D eigenvalue weighted by Gasteiger charge is 2.63. The zero-order valence-corrected chi connectivity index (χ0v) is 14.4. The van der Waals surface area contributed by atoms with Gasteiger partial charge in [-0.3, -0.25) is 4.79 Å². The van der Waals surface area contributed by atoms with Crippen LogP contribution in [0.25, 0.3) is 0 Å². The second-order valence-corrected chi connectivity index (χ2v) is 7.49. The van der Waals surface area contributed by atoms with Crippen LogP contribution in [-0.4, -0.2) is 22.6 Å². The highest BCUT2D eigenvalue weighted by Crippen LogP contribution is 2.58. The standard InChI is InChI=1S/C15H20BrN3O3/c1-14(2,3)9-7-15(9,22-13(17)21)8-12(20)19-11-6-4-5-10(16)18-11/h4-6,9H,7-8H2,1-3H3,(H2,17,21)(H,18,19,20). The zero-order chi connectivity index (χ0) is 16.5. The molecular weight excluding hydrogens is 350 g/mol. The molecule has 2 unspecified atom stereocenters. The molecule has 1 fully saturated rings. The Labute approximate surface area is 137 Å². The number of ether oxygens (including phenoxy) is 1. The topological polar surface area (TPSA) is 94.3 Å². The van der Waals surface area contributed by atoms with E-state index in [1.807, 2.05) is 0 Å². The third-order valence-electron chi connectivity index (χ3n) is 3.82. The number of carbonyl (C=O) groups excluding carboxylic acids is 2. The van der Waals surface area contributed by atoms with Crippen LogP contribution in [0.3, 0.4) is 0 Å². The van der Waals surface area contributed by atoms with Crippen molar-refractivity contribution in [1.29, 1.82) is 0 Å². The van der Waals surface area contributed by atoms with Gasteiger partial charge in [-0.15, -0.1) is 0 Å². The minimum absolute atomic E-state index is 0.0657. The lowest BCUT2D eigenvalue weighted by Gasteiger charge is -2.24. The molecule has 0 aliphatic heterocycles. The van der Waals surface area contributed by atoms with Crippen LogP contribution in [0.1, 0.15) is 33.6 Å². The number of nitrogens with one attached hydrogen (secondary N) is 1. The number of pyridine rings is 1. The van der Waals surface area contributed by atoms with Crippen molar-refractivity contribution in [3.05, 3.63) is 22.8 Å². The van der Waals surface area contributed by atoms with E-state index in [1.54, 1.807) is 18.2 Å². The number of halogens is 1. The highest BCUT2D eigenvalue weighted by atomic mass is 79.9. The van der Waals surface area contributed by atoms with Gasteiger partial charge >= 0.3 is 6.09 Å². The van der Waals surface area contributed by atoms with Crippen LogP contribution in [0.5, 0.6) is 0 Å². The van der Waals surface area contributed by atoms with E-state index in [-0.39, 0.29) is 23.7 Å². The molecule has 0 radical (unpaired) electrons.